The van der Waals surface area contributed by atoms with Gasteiger partial charge in [-0.1, -0.05) is 20.3 Å². The number of anilines is 2. The predicted molar refractivity (Wildman–Crippen MR) is 71.3 cm³/mol. The Labute approximate surface area is 105 Å². The van der Waals surface area contributed by atoms with Crippen molar-refractivity contribution >= 4 is 33.2 Å². The highest BCUT2D eigenvalue weighted by Crippen LogP contribution is 2.25. The minimum Gasteiger partial charge on any atom is -0.399 e. The van der Waals surface area contributed by atoms with Crippen molar-refractivity contribution in [1.29, 1.82) is 0 Å². The monoisotopic (exact) mass is 284 g/mol. The van der Waals surface area contributed by atoms with Gasteiger partial charge in [0.1, 0.15) is 0 Å². The van der Waals surface area contributed by atoms with Crippen molar-refractivity contribution in [3.05, 3.63) is 22.7 Å². The molecule has 0 saturated heterocycles. The van der Waals surface area contributed by atoms with Crippen LogP contribution in [-0.2, 0) is 4.79 Å². The topological polar surface area (TPSA) is 55.1 Å². The molecule has 1 aromatic rings. The predicted octanol–water partition coefficient (Wildman–Crippen LogP) is 3.41. The molecule has 0 aromatic heterocycles. The summed E-state index contributed by atoms with van der Waals surface area (Å²) < 4.78 is 0.846. The first-order valence-electron chi connectivity index (χ1n) is 5.40. The fraction of sp³-hybridized carbons (Fsp3) is 0.417. The van der Waals surface area contributed by atoms with Crippen LogP contribution in [0.1, 0.15) is 26.7 Å². The molecule has 0 aliphatic carbocycles. The van der Waals surface area contributed by atoms with Gasteiger partial charge in [0.15, 0.2) is 0 Å². The Bertz CT molecular complexity index is 379. The minimum atomic E-state index is 0.0262. The molecule has 0 radical (unpaired) electrons. The molecule has 1 aromatic carbocycles. The number of amides is 1. The average molecular weight is 285 g/mol. The van der Waals surface area contributed by atoms with Crippen LogP contribution in [0.2, 0.25) is 0 Å². The van der Waals surface area contributed by atoms with E-state index in [2.05, 4.69) is 28.2 Å². The SMILES string of the molecule is CCCC(C)C(=O)Nc1cc(N)ccc1Br. The molecule has 1 amide bonds. The van der Waals surface area contributed by atoms with Gasteiger partial charge in [-0.25, -0.2) is 0 Å². The van der Waals surface area contributed by atoms with Crippen LogP contribution in [0.5, 0.6) is 0 Å². The van der Waals surface area contributed by atoms with Crippen molar-refractivity contribution in [2.24, 2.45) is 5.92 Å². The summed E-state index contributed by atoms with van der Waals surface area (Å²) in [6.45, 7) is 4.00. The van der Waals surface area contributed by atoms with Crippen LogP contribution in [0, 0.1) is 5.92 Å². The zero-order valence-electron chi connectivity index (χ0n) is 9.59. The summed E-state index contributed by atoms with van der Waals surface area (Å²) in [5, 5.41) is 2.87. The minimum absolute atomic E-state index is 0.0262. The smallest absolute Gasteiger partial charge is 0.227 e. The molecule has 16 heavy (non-hydrogen) atoms. The molecule has 0 aliphatic heterocycles. The Balaban J connectivity index is 2.72. The number of halogens is 1. The van der Waals surface area contributed by atoms with Gasteiger partial charge in [-0.05, 0) is 40.5 Å². The van der Waals surface area contributed by atoms with Gasteiger partial charge in [0, 0.05) is 16.1 Å². The van der Waals surface area contributed by atoms with Crippen LogP contribution in [0.25, 0.3) is 0 Å². The maximum Gasteiger partial charge on any atom is 0.227 e. The molecule has 3 N–H and O–H groups in total. The van der Waals surface area contributed by atoms with Gasteiger partial charge in [-0.3, -0.25) is 4.79 Å². The summed E-state index contributed by atoms with van der Waals surface area (Å²) in [6, 6.07) is 5.37. The van der Waals surface area contributed by atoms with E-state index in [-0.39, 0.29) is 11.8 Å². The summed E-state index contributed by atoms with van der Waals surface area (Å²) >= 11 is 3.38. The summed E-state index contributed by atoms with van der Waals surface area (Å²) in [5.74, 6) is 0.0616. The first kappa shape index (κ1) is 13.0. The maximum atomic E-state index is 11.8. The van der Waals surface area contributed by atoms with Crippen molar-refractivity contribution in [2.75, 3.05) is 11.1 Å². The van der Waals surface area contributed by atoms with Gasteiger partial charge in [0.05, 0.1) is 5.69 Å². The molecule has 1 atom stereocenters. The molecule has 0 bridgehead atoms. The lowest BCUT2D eigenvalue weighted by molar-refractivity contribution is -0.119. The highest BCUT2D eigenvalue weighted by Gasteiger charge is 2.13. The normalized spacial score (nSPS) is 12.2. The summed E-state index contributed by atoms with van der Waals surface area (Å²) in [6.07, 6.45) is 1.90. The number of carbonyl (C=O) groups excluding carboxylic acids is 1. The quantitative estimate of drug-likeness (QED) is 0.833. The molecule has 0 fully saturated rings. The number of nitrogens with two attached hydrogens (primary N) is 1. The third-order valence-corrected chi connectivity index (χ3v) is 3.11. The van der Waals surface area contributed by atoms with Crippen LogP contribution in [0.3, 0.4) is 0 Å². The van der Waals surface area contributed by atoms with Crippen LogP contribution in [0.15, 0.2) is 22.7 Å². The molecule has 0 aliphatic rings. The lowest BCUT2D eigenvalue weighted by Crippen LogP contribution is -2.20. The molecular formula is C12H17BrN2O. The van der Waals surface area contributed by atoms with Gasteiger partial charge < -0.3 is 11.1 Å². The lowest BCUT2D eigenvalue weighted by Gasteiger charge is -2.12. The third kappa shape index (κ3) is 3.52. The summed E-state index contributed by atoms with van der Waals surface area (Å²) in [5.41, 5.74) is 7.04. The highest BCUT2D eigenvalue weighted by molar-refractivity contribution is 9.10. The zero-order valence-corrected chi connectivity index (χ0v) is 11.2. The Morgan fingerprint density at radius 3 is 2.88 bits per heavy atom. The second-order valence-corrected chi connectivity index (χ2v) is 4.77. The molecule has 0 saturated carbocycles. The van der Waals surface area contributed by atoms with E-state index in [0.717, 1.165) is 23.0 Å². The number of hydrogen-bond donors (Lipinski definition) is 2. The number of hydrogen-bond acceptors (Lipinski definition) is 2. The maximum absolute atomic E-state index is 11.8. The van der Waals surface area contributed by atoms with Gasteiger partial charge in [-0.15, -0.1) is 0 Å². The van der Waals surface area contributed by atoms with Gasteiger partial charge >= 0.3 is 0 Å². The molecule has 1 rings (SSSR count). The third-order valence-electron chi connectivity index (χ3n) is 2.42. The Morgan fingerprint density at radius 1 is 1.56 bits per heavy atom. The molecule has 88 valence electrons. The summed E-state index contributed by atoms with van der Waals surface area (Å²) in [7, 11) is 0. The highest BCUT2D eigenvalue weighted by atomic mass is 79.9. The van der Waals surface area contributed by atoms with E-state index >= 15 is 0 Å². The van der Waals surface area contributed by atoms with Crippen molar-refractivity contribution in [1.82, 2.24) is 0 Å². The fourth-order valence-electron chi connectivity index (χ4n) is 1.46. The standard InChI is InChI=1S/C12H17BrN2O/c1-3-4-8(2)12(16)15-11-7-9(14)5-6-10(11)13/h5-8H,3-4,14H2,1-2H3,(H,15,16). The summed E-state index contributed by atoms with van der Waals surface area (Å²) in [4.78, 5) is 11.8. The van der Waals surface area contributed by atoms with Crippen LogP contribution in [0.4, 0.5) is 11.4 Å². The van der Waals surface area contributed by atoms with E-state index < -0.39 is 0 Å². The first-order valence-corrected chi connectivity index (χ1v) is 6.19. The molecule has 0 spiro atoms. The number of benzene rings is 1. The Kier molecular flexibility index (Phi) is 4.80. The average Bonchev–Trinajstić information content (AvgIpc) is 2.23. The Hall–Kier alpha value is -1.03. The van der Waals surface area contributed by atoms with Crippen molar-refractivity contribution < 1.29 is 4.79 Å². The van der Waals surface area contributed by atoms with Crippen molar-refractivity contribution in [3.63, 3.8) is 0 Å². The Morgan fingerprint density at radius 2 is 2.25 bits per heavy atom. The van der Waals surface area contributed by atoms with Crippen molar-refractivity contribution in [3.8, 4) is 0 Å². The van der Waals surface area contributed by atoms with Gasteiger partial charge in [0.2, 0.25) is 5.91 Å². The van der Waals surface area contributed by atoms with Crippen LogP contribution >= 0.6 is 15.9 Å². The molecular weight excluding hydrogens is 268 g/mol. The molecule has 0 heterocycles. The molecule has 4 heteroatoms. The van der Waals surface area contributed by atoms with E-state index in [1.54, 1.807) is 12.1 Å². The largest absolute Gasteiger partial charge is 0.399 e. The van der Waals surface area contributed by atoms with E-state index in [9.17, 15) is 4.79 Å². The number of nitrogens with one attached hydrogen (secondary N) is 1. The lowest BCUT2D eigenvalue weighted by atomic mass is 10.1. The van der Waals surface area contributed by atoms with E-state index in [4.69, 9.17) is 5.73 Å². The first-order chi connectivity index (χ1) is 7.54. The number of nitrogen functional groups attached to an aromatic ring is 1. The number of rotatable bonds is 4. The van der Waals surface area contributed by atoms with Gasteiger partial charge in [0.25, 0.3) is 0 Å². The zero-order chi connectivity index (χ0) is 12.1. The molecule has 1 unspecified atom stereocenters. The van der Waals surface area contributed by atoms with E-state index in [1.165, 1.54) is 0 Å². The molecule has 3 nitrogen and oxygen atoms in total. The second-order valence-electron chi connectivity index (χ2n) is 3.92. The van der Waals surface area contributed by atoms with Crippen LogP contribution in [-0.4, -0.2) is 5.91 Å². The van der Waals surface area contributed by atoms with Crippen LogP contribution < -0.4 is 11.1 Å². The number of carbonyl (C=O) groups is 1. The van der Waals surface area contributed by atoms with Crippen molar-refractivity contribution in [2.45, 2.75) is 26.7 Å². The van der Waals surface area contributed by atoms with E-state index in [1.807, 2.05) is 13.0 Å². The van der Waals surface area contributed by atoms with Gasteiger partial charge in [-0.2, -0.15) is 0 Å². The van der Waals surface area contributed by atoms with E-state index in [0.29, 0.717) is 5.69 Å². The second kappa shape index (κ2) is 5.89. The fourth-order valence-corrected chi connectivity index (χ4v) is 1.80.